The van der Waals surface area contributed by atoms with Gasteiger partial charge in [0, 0.05) is 144 Å². The van der Waals surface area contributed by atoms with Crippen molar-refractivity contribution in [1.82, 2.24) is 27.4 Å². The molecular weight excluding hydrogens is 1640 g/mol. The van der Waals surface area contributed by atoms with Gasteiger partial charge in [0.25, 0.3) is 6.71 Å². The Kier molecular flexibility index (Phi) is 16.3. The van der Waals surface area contributed by atoms with Crippen molar-refractivity contribution in [3.8, 4) is 78.6 Å². The SMILES string of the molecule is c1ccc(-n2c3ccccc3c3c(-c4cccc(-c5cccc6c5c5ccccc5n6-c5ccccc5)c4N4c5cc(-n6c7ccccc7c7ccccc76)ccc5B5c6ccc(-n7c8ccccc8c8ccccc87)cc6N(c6c(-c7cccc8c7c7ccccc7n8-c7ccccc7)cccc6-c6cccc7c6c6ccccc6n7-c6ccccc6)c6cccc4c65)cccc32)cc1. The molecule has 0 amide bonds. The van der Waals surface area contributed by atoms with Gasteiger partial charge in [0.15, 0.2) is 0 Å². The van der Waals surface area contributed by atoms with Gasteiger partial charge in [0.1, 0.15) is 0 Å². The first-order valence-electron chi connectivity index (χ1n) is 46.7. The van der Waals surface area contributed by atoms with Crippen LogP contribution in [0.2, 0.25) is 0 Å². The van der Waals surface area contributed by atoms with Gasteiger partial charge in [-0.25, -0.2) is 0 Å². The molecule has 2 aliphatic rings. The van der Waals surface area contributed by atoms with Crippen LogP contribution in [0.3, 0.4) is 0 Å². The molecule has 0 atom stereocenters. The first kappa shape index (κ1) is 75.0. The van der Waals surface area contributed by atoms with Crippen LogP contribution in [0.1, 0.15) is 0 Å². The summed E-state index contributed by atoms with van der Waals surface area (Å²) in [5.41, 5.74) is 38.9. The number of hydrogen-bond donors (Lipinski definition) is 0. The van der Waals surface area contributed by atoms with Crippen LogP contribution in [0, 0.1) is 0 Å². The molecular formula is C126H79BN8. The lowest BCUT2D eigenvalue weighted by Crippen LogP contribution is -2.61. The van der Waals surface area contributed by atoms with Gasteiger partial charge < -0.3 is 37.2 Å². The van der Waals surface area contributed by atoms with Crippen LogP contribution in [-0.4, -0.2) is 34.1 Å². The molecule has 0 unspecified atom stereocenters. The smallest absolute Gasteiger partial charge is 0.252 e. The van der Waals surface area contributed by atoms with Crippen molar-refractivity contribution in [2.45, 2.75) is 0 Å². The monoisotopic (exact) mass is 1710 g/mol. The van der Waals surface area contributed by atoms with E-state index in [0.29, 0.717) is 0 Å². The summed E-state index contributed by atoms with van der Waals surface area (Å²) in [7, 11) is 0. The Balaban J connectivity index is 0.790. The van der Waals surface area contributed by atoms with E-state index in [1.807, 2.05) is 0 Å². The van der Waals surface area contributed by atoms with Gasteiger partial charge in [-0.05, 0) is 196 Å². The van der Waals surface area contributed by atoms with Crippen molar-refractivity contribution < 1.29 is 0 Å². The van der Waals surface area contributed by atoms with E-state index in [0.717, 1.165) is 179 Å². The number of anilines is 6. The number of hydrogen-bond acceptors (Lipinski definition) is 2. The van der Waals surface area contributed by atoms with Crippen molar-refractivity contribution in [1.29, 1.82) is 0 Å². The molecule has 6 aromatic heterocycles. The van der Waals surface area contributed by atoms with Gasteiger partial charge in [-0.3, -0.25) is 0 Å². The van der Waals surface area contributed by atoms with Crippen LogP contribution in [0.15, 0.2) is 479 Å². The third kappa shape index (κ3) is 10.8. The Morgan fingerprint density at radius 3 is 0.622 bits per heavy atom. The fourth-order valence-electron chi connectivity index (χ4n) is 23.9. The highest BCUT2D eigenvalue weighted by molar-refractivity contribution is 7.00. The van der Waals surface area contributed by atoms with Gasteiger partial charge in [0.2, 0.25) is 0 Å². The predicted molar refractivity (Wildman–Crippen MR) is 568 cm³/mol. The summed E-state index contributed by atoms with van der Waals surface area (Å²) >= 11 is 0. The Bertz CT molecular complexity index is 8660. The average molecular weight is 1720 g/mol. The van der Waals surface area contributed by atoms with Gasteiger partial charge >= 0.3 is 0 Å². The van der Waals surface area contributed by atoms with Crippen molar-refractivity contribution in [3.63, 3.8) is 0 Å². The normalized spacial score (nSPS) is 12.5. The van der Waals surface area contributed by atoms with Gasteiger partial charge in [-0.2, -0.15) is 0 Å². The number of nitrogens with zero attached hydrogens (tertiary/aromatic N) is 8. The van der Waals surface area contributed by atoms with E-state index in [4.69, 9.17) is 0 Å². The molecule has 21 aromatic carbocycles. The third-order valence-electron chi connectivity index (χ3n) is 29.2. The molecule has 8 heterocycles. The van der Waals surface area contributed by atoms with E-state index in [-0.39, 0.29) is 6.71 Å². The molecule has 29 rings (SSSR count). The standard InChI is InChI=1S/C126H79BN8/c1-5-36-80(37-6-1)128-108-64-25-17-48-98(108)120-90(52-31-68-112(120)128)94-56-29-57-95(91-53-32-69-113-121(91)99-49-18-26-65-109(99)129(113)81-38-7-2-8-39-81)125(94)134-116-72-35-73-117-124(116)127(102-76-74-84(78-118(102)134)132-104-60-21-13-44-86(104)87-45-14-22-61-105(87)132)103-77-75-85(133-106-62-23-15-46-88(106)89-47-16-24-63-107(89)133)79-119(103)135(117)126-96(92-54-33-70-114-122(92)100-50-19-27-66-110(100)130(114)82-40-9-3-10-41-82)58-30-59-97(126)93-55-34-71-115-123(93)101-51-20-28-67-111(101)131(115)83-42-11-4-12-43-83/h1-79H. The van der Waals surface area contributed by atoms with Crippen LogP contribution >= 0.6 is 0 Å². The summed E-state index contributed by atoms with van der Waals surface area (Å²) in [5.74, 6) is 0. The average Bonchev–Trinajstić information content (AvgIpc) is 1.24. The summed E-state index contributed by atoms with van der Waals surface area (Å²) in [6, 6.07) is 181. The van der Waals surface area contributed by atoms with E-state index in [1.165, 1.54) is 81.0 Å². The number of aromatic nitrogens is 6. The van der Waals surface area contributed by atoms with Crippen molar-refractivity contribution in [2.24, 2.45) is 0 Å². The zero-order valence-corrected chi connectivity index (χ0v) is 73.3. The van der Waals surface area contributed by atoms with Crippen molar-refractivity contribution >= 4 is 188 Å². The van der Waals surface area contributed by atoms with Crippen molar-refractivity contribution in [2.75, 3.05) is 9.80 Å². The fourth-order valence-corrected chi connectivity index (χ4v) is 23.9. The number of benzene rings is 21. The zero-order valence-electron chi connectivity index (χ0n) is 73.3. The molecule has 0 N–H and O–H groups in total. The van der Waals surface area contributed by atoms with E-state index in [1.54, 1.807) is 0 Å². The highest BCUT2D eigenvalue weighted by Crippen LogP contribution is 2.58. The molecule has 2 aliphatic heterocycles. The summed E-state index contributed by atoms with van der Waals surface area (Å²) < 4.78 is 14.9. The van der Waals surface area contributed by atoms with E-state index in [9.17, 15) is 0 Å². The Hall–Kier alpha value is -17.9. The van der Waals surface area contributed by atoms with E-state index < -0.39 is 0 Å². The first-order valence-corrected chi connectivity index (χ1v) is 46.7. The first-order chi connectivity index (χ1) is 67.1. The van der Waals surface area contributed by atoms with E-state index in [2.05, 4.69) is 516 Å². The Morgan fingerprint density at radius 1 is 0.141 bits per heavy atom. The zero-order chi connectivity index (χ0) is 88.2. The molecule has 135 heavy (non-hydrogen) atoms. The maximum atomic E-state index is 2.75. The maximum absolute atomic E-state index is 2.75. The van der Waals surface area contributed by atoms with Crippen LogP contribution in [0.4, 0.5) is 34.1 Å². The summed E-state index contributed by atoms with van der Waals surface area (Å²) in [6.07, 6.45) is 0. The Labute approximate surface area is 777 Å². The second-order valence-corrected chi connectivity index (χ2v) is 36.0. The van der Waals surface area contributed by atoms with Crippen LogP contribution in [-0.2, 0) is 0 Å². The Morgan fingerprint density at radius 2 is 0.348 bits per heavy atom. The van der Waals surface area contributed by atoms with E-state index >= 15 is 0 Å². The van der Waals surface area contributed by atoms with Gasteiger partial charge in [-0.1, -0.05) is 322 Å². The number of rotatable bonds is 12. The maximum Gasteiger partial charge on any atom is 0.252 e. The summed E-state index contributed by atoms with van der Waals surface area (Å²) in [4.78, 5) is 5.50. The molecule has 0 fully saturated rings. The minimum absolute atomic E-state index is 0.363. The quantitative estimate of drug-likeness (QED) is 0.114. The highest BCUT2D eigenvalue weighted by atomic mass is 15.2. The molecule has 626 valence electrons. The second-order valence-electron chi connectivity index (χ2n) is 36.0. The van der Waals surface area contributed by atoms with Crippen molar-refractivity contribution in [3.05, 3.63) is 479 Å². The second kappa shape index (κ2) is 29.3. The number of fused-ring (bicyclic) bond motifs is 22. The molecule has 9 heteroatoms. The van der Waals surface area contributed by atoms with Crippen LogP contribution < -0.4 is 26.2 Å². The molecule has 27 aromatic rings. The van der Waals surface area contributed by atoms with Gasteiger partial charge in [-0.15, -0.1) is 0 Å². The largest absolute Gasteiger partial charge is 0.310 e. The lowest BCUT2D eigenvalue weighted by Gasteiger charge is -2.45. The van der Waals surface area contributed by atoms with Crippen LogP contribution in [0.5, 0.6) is 0 Å². The molecule has 0 aliphatic carbocycles. The summed E-state index contributed by atoms with van der Waals surface area (Å²) in [6.45, 7) is -0.363. The minimum atomic E-state index is -0.363. The fraction of sp³-hybridized carbons (Fsp3) is 0. The molecule has 0 spiro atoms. The summed E-state index contributed by atoms with van der Waals surface area (Å²) in [5, 5.41) is 14.2. The molecule has 0 radical (unpaired) electrons. The lowest BCUT2D eigenvalue weighted by atomic mass is 9.33. The van der Waals surface area contributed by atoms with Gasteiger partial charge in [0.05, 0.1) is 77.6 Å². The molecule has 8 nitrogen and oxygen atoms in total. The molecule has 0 saturated heterocycles. The molecule has 0 saturated carbocycles. The topological polar surface area (TPSA) is 36.1 Å². The molecule has 0 bridgehead atoms. The highest BCUT2D eigenvalue weighted by Gasteiger charge is 2.46. The minimum Gasteiger partial charge on any atom is -0.310 e. The number of para-hydroxylation sites is 14. The lowest BCUT2D eigenvalue weighted by molar-refractivity contribution is 1.17. The predicted octanol–water partition coefficient (Wildman–Crippen LogP) is 31.0. The van der Waals surface area contributed by atoms with Crippen LogP contribution in [0.25, 0.3) is 209 Å². The third-order valence-corrected chi connectivity index (χ3v) is 29.2.